The Morgan fingerprint density at radius 2 is 1.90 bits per heavy atom. The van der Waals surface area contributed by atoms with Crippen molar-refractivity contribution in [2.75, 3.05) is 13.7 Å². The third kappa shape index (κ3) is 3.46. The van der Waals surface area contributed by atoms with Crippen LogP contribution in [0, 0.1) is 5.41 Å². The maximum Gasteiger partial charge on any atom is 0.243 e. The molecule has 5 heteroatoms. The van der Waals surface area contributed by atoms with Crippen LogP contribution < -0.4 is 5.32 Å². The molecular formula is C16H29N3O2. The minimum absolute atomic E-state index is 0.116. The molecule has 0 spiro atoms. The Bertz CT molecular complexity index is 442. The molecule has 120 valence electrons. The molecule has 1 aliphatic rings. The number of nitrogens with one attached hydrogen (secondary N) is 1. The summed E-state index contributed by atoms with van der Waals surface area (Å²) in [6.45, 7) is 9.45. The minimum Gasteiger partial charge on any atom is -0.367 e. The molecule has 21 heavy (non-hydrogen) atoms. The molecule has 1 aromatic heterocycles. The van der Waals surface area contributed by atoms with E-state index in [0.29, 0.717) is 17.9 Å². The lowest BCUT2D eigenvalue weighted by molar-refractivity contribution is -0.0957. The molecule has 0 saturated heterocycles. The highest BCUT2D eigenvalue weighted by Gasteiger charge is 2.44. The molecule has 1 saturated carbocycles. The largest absolute Gasteiger partial charge is 0.367 e. The molecule has 0 amide bonds. The monoisotopic (exact) mass is 295 g/mol. The van der Waals surface area contributed by atoms with Gasteiger partial charge >= 0.3 is 0 Å². The summed E-state index contributed by atoms with van der Waals surface area (Å²) >= 11 is 0. The molecule has 1 aliphatic carbocycles. The van der Waals surface area contributed by atoms with Gasteiger partial charge in [-0.25, -0.2) is 0 Å². The first-order valence-electron chi connectivity index (χ1n) is 8.11. The number of ether oxygens (including phenoxy) is 1. The quantitative estimate of drug-likeness (QED) is 0.869. The van der Waals surface area contributed by atoms with Crippen molar-refractivity contribution >= 4 is 0 Å². The highest BCUT2D eigenvalue weighted by atomic mass is 16.5. The Hall–Kier alpha value is -0.940. The first kappa shape index (κ1) is 16.4. The van der Waals surface area contributed by atoms with E-state index in [-0.39, 0.29) is 11.6 Å². The number of hydrogen-bond donors (Lipinski definition) is 1. The summed E-state index contributed by atoms with van der Waals surface area (Å²) in [5, 5.41) is 7.45. The summed E-state index contributed by atoms with van der Waals surface area (Å²) < 4.78 is 11.6. The van der Waals surface area contributed by atoms with E-state index in [2.05, 4.69) is 36.2 Å². The predicted molar refractivity (Wildman–Crippen MR) is 81.9 cm³/mol. The summed E-state index contributed by atoms with van der Waals surface area (Å²) in [7, 11) is 1.92. The van der Waals surface area contributed by atoms with Gasteiger partial charge in [0.15, 0.2) is 0 Å². The number of aromatic nitrogens is 2. The Morgan fingerprint density at radius 1 is 1.24 bits per heavy atom. The van der Waals surface area contributed by atoms with E-state index in [1.54, 1.807) is 0 Å². The Balaban J connectivity index is 2.23. The number of rotatable bonds is 6. The molecule has 2 rings (SSSR count). The summed E-state index contributed by atoms with van der Waals surface area (Å²) in [6, 6.07) is 0.116. The molecule has 1 aromatic rings. The van der Waals surface area contributed by atoms with Gasteiger partial charge in [-0.2, -0.15) is 4.98 Å². The third-order valence-electron chi connectivity index (χ3n) is 4.74. The molecule has 0 aliphatic heterocycles. The van der Waals surface area contributed by atoms with E-state index in [4.69, 9.17) is 9.26 Å². The lowest BCUT2D eigenvalue weighted by atomic mass is 9.70. The van der Waals surface area contributed by atoms with Crippen LogP contribution >= 0.6 is 0 Å². The zero-order chi connectivity index (χ0) is 15.5. The standard InChI is InChI=1S/C16H29N3O2/c1-6-12(17-5)13-18-14(19-21-13)16(20-7-2)10-8-15(3,4)9-11-16/h12,17H,6-11H2,1-5H3. The van der Waals surface area contributed by atoms with Crippen LogP contribution in [-0.2, 0) is 10.3 Å². The maximum atomic E-state index is 6.10. The molecule has 0 radical (unpaired) electrons. The summed E-state index contributed by atoms with van der Waals surface area (Å²) in [4.78, 5) is 4.65. The van der Waals surface area contributed by atoms with Crippen LogP contribution in [0.2, 0.25) is 0 Å². The Labute approximate surface area is 127 Å². The van der Waals surface area contributed by atoms with Gasteiger partial charge < -0.3 is 14.6 Å². The second-order valence-corrected chi connectivity index (χ2v) is 6.80. The molecule has 5 nitrogen and oxygen atoms in total. The van der Waals surface area contributed by atoms with Crippen molar-refractivity contribution in [2.24, 2.45) is 5.41 Å². The average molecular weight is 295 g/mol. The van der Waals surface area contributed by atoms with Crippen LogP contribution in [-0.4, -0.2) is 23.8 Å². The zero-order valence-corrected chi connectivity index (χ0v) is 14.0. The first-order valence-corrected chi connectivity index (χ1v) is 8.11. The van der Waals surface area contributed by atoms with E-state index in [1.165, 1.54) is 0 Å². The van der Waals surface area contributed by atoms with Crippen LogP contribution in [0.5, 0.6) is 0 Å². The van der Waals surface area contributed by atoms with Gasteiger partial charge in [0.25, 0.3) is 0 Å². The van der Waals surface area contributed by atoms with Crippen molar-refractivity contribution in [3.63, 3.8) is 0 Å². The molecular weight excluding hydrogens is 266 g/mol. The molecule has 1 fully saturated rings. The predicted octanol–water partition coefficient (Wildman–Crippen LogP) is 3.57. The average Bonchev–Trinajstić information content (AvgIpc) is 2.93. The summed E-state index contributed by atoms with van der Waals surface area (Å²) in [6.07, 6.45) is 5.10. The van der Waals surface area contributed by atoms with E-state index in [1.807, 2.05) is 14.0 Å². The number of nitrogens with zero attached hydrogens (tertiary/aromatic N) is 2. The van der Waals surface area contributed by atoms with Crippen molar-refractivity contribution in [1.82, 2.24) is 15.5 Å². The molecule has 1 unspecified atom stereocenters. The van der Waals surface area contributed by atoms with Gasteiger partial charge in [-0.1, -0.05) is 25.9 Å². The van der Waals surface area contributed by atoms with Crippen molar-refractivity contribution in [3.05, 3.63) is 11.7 Å². The van der Waals surface area contributed by atoms with Crippen LogP contribution in [0.15, 0.2) is 4.52 Å². The smallest absolute Gasteiger partial charge is 0.243 e. The molecule has 1 heterocycles. The second kappa shape index (κ2) is 6.44. The maximum absolute atomic E-state index is 6.10. The SMILES string of the molecule is CCOC1(c2noc(C(CC)NC)n2)CCC(C)(C)CC1. The molecule has 1 atom stereocenters. The van der Waals surface area contributed by atoms with Crippen molar-refractivity contribution < 1.29 is 9.26 Å². The normalized spacial score (nSPS) is 22.1. The van der Waals surface area contributed by atoms with Gasteiger partial charge in [0, 0.05) is 6.61 Å². The fourth-order valence-electron chi connectivity index (χ4n) is 3.10. The molecule has 0 aromatic carbocycles. The molecule has 0 bridgehead atoms. The van der Waals surface area contributed by atoms with Crippen LogP contribution in [0.3, 0.4) is 0 Å². The van der Waals surface area contributed by atoms with Crippen molar-refractivity contribution in [2.45, 2.75) is 71.4 Å². The van der Waals surface area contributed by atoms with Gasteiger partial charge in [-0.3, -0.25) is 0 Å². The topological polar surface area (TPSA) is 60.2 Å². The highest BCUT2D eigenvalue weighted by molar-refractivity contribution is 5.06. The van der Waals surface area contributed by atoms with E-state index < -0.39 is 0 Å². The highest BCUT2D eigenvalue weighted by Crippen LogP contribution is 2.46. The first-order chi connectivity index (χ1) is 9.96. The zero-order valence-electron chi connectivity index (χ0n) is 14.0. The fraction of sp³-hybridized carbons (Fsp3) is 0.875. The van der Waals surface area contributed by atoms with Crippen molar-refractivity contribution in [1.29, 1.82) is 0 Å². The van der Waals surface area contributed by atoms with E-state index in [9.17, 15) is 0 Å². The van der Waals surface area contributed by atoms with Crippen LogP contribution in [0.4, 0.5) is 0 Å². The van der Waals surface area contributed by atoms with Gasteiger partial charge in [0.2, 0.25) is 11.7 Å². The Kier molecular flexibility index (Phi) is 5.04. The van der Waals surface area contributed by atoms with Gasteiger partial charge in [-0.15, -0.1) is 0 Å². The third-order valence-corrected chi connectivity index (χ3v) is 4.74. The fourth-order valence-corrected chi connectivity index (χ4v) is 3.10. The summed E-state index contributed by atoms with van der Waals surface area (Å²) in [5.41, 5.74) is 0.0160. The van der Waals surface area contributed by atoms with Gasteiger partial charge in [0.05, 0.1) is 6.04 Å². The van der Waals surface area contributed by atoms with Crippen molar-refractivity contribution in [3.8, 4) is 0 Å². The lowest BCUT2D eigenvalue weighted by Gasteiger charge is -2.41. The van der Waals surface area contributed by atoms with E-state index in [0.717, 1.165) is 37.9 Å². The minimum atomic E-state index is -0.363. The van der Waals surface area contributed by atoms with Gasteiger partial charge in [0.1, 0.15) is 5.60 Å². The van der Waals surface area contributed by atoms with E-state index >= 15 is 0 Å². The molecule has 1 N–H and O–H groups in total. The lowest BCUT2D eigenvalue weighted by Crippen LogP contribution is -2.38. The number of hydrogen-bond acceptors (Lipinski definition) is 5. The van der Waals surface area contributed by atoms with Crippen LogP contribution in [0.25, 0.3) is 0 Å². The summed E-state index contributed by atoms with van der Waals surface area (Å²) in [5.74, 6) is 1.39. The van der Waals surface area contributed by atoms with Gasteiger partial charge in [-0.05, 0) is 51.5 Å². The Morgan fingerprint density at radius 3 is 2.43 bits per heavy atom. The second-order valence-electron chi connectivity index (χ2n) is 6.80. The van der Waals surface area contributed by atoms with Crippen LogP contribution in [0.1, 0.15) is 77.6 Å².